The molecule has 1 aromatic carbocycles. The van der Waals surface area contributed by atoms with Crippen molar-refractivity contribution in [2.45, 2.75) is 25.3 Å². The fourth-order valence-corrected chi connectivity index (χ4v) is 3.69. The molecule has 5 nitrogen and oxygen atoms in total. The number of hydrogen-bond donors (Lipinski definition) is 0. The predicted molar refractivity (Wildman–Crippen MR) is 100 cm³/mol. The number of para-hydroxylation sites is 1. The van der Waals surface area contributed by atoms with Crippen molar-refractivity contribution < 1.29 is 4.74 Å². The van der Waals surface area contributed by atoms with Crippen LogP contribution in [0.4, 0.5) is 5.82 Å². The molecule has 0 radical (unpaired) electrons. The van der Waals surface area contributed by atoms with Crippen LogP contribution in [0.5, 0.6) is 0 Å². The molecule has 0 amide bonds. The average Bonchev–Trinajstić information content (AvgIpc) is 3.14. The van der Waals surface area contributed by atoms with Crippen LogP contribution in [0.25, 0.3) is 10.9 Å². The molecule has 0 aliphatic carbocycles. The second-order valence-corrected chi connectivity index (χ2v) is 6.62. The van der Waals surface area contributed by atoms with Crippen molar-refractivity contribution in [1.29, 1.82) is 0 Å². The van der Waals surface area contributed by atoms with E-state index in [2.05, 4.69) is 51.0 Å². The van der Waals surface area contributed by atoms with Gasteiger partial charge in [0, 0.05) is 50.4 Å². The van der Waals surface area contributed by atoms with E-state index < -0.39 is 0 Å². The van der Waals surface area contributed by atoms with Gasteiger partial charge in [0.2, 0.25) is 0 Å². The van der Waals surface area contributed by atoms with Crippen LogP contribution in [0.3, 0.4) is 0 Å². The summed E-state index contributed by atoms with van der Waals surface area (Å²) >= 11 is 0. The van der Waals surface area contributed by atoms with Crippen LogP contribution in [0, 0.1) is 0 Å². The SMILES string of the molecule is COCCn1ccnc1C1CCCN(c2ccc3ccccc3n2)C1. The topological polar surface area (TPSA) is 43.2 Å². The van der Waals surface area contributed by atoms with E-state index in [-0.39, 0.29) is 0 Å². The van der Waals surface area contributed by atoms with Crippen LogP contribution in [0.2, 0.25) is 0 Å². The fourth-order valence-electron chi connectivity index (χ4n) is 3.69. The summed E-state index contributed by atoms with van der Waals surface area (Å²) in [5.74, 6) is 2.68. The molecule has 1 fully saturated rings. The number of pyridine rings is 1. The first-order valence-corrected chi connectivity index (χ1v) is 8.96. The normalized spacial score (nSPS) is 18.0. The minimum Gasteiger partial charge on any atom is -0.383 e. The van der Waals surface area contributed by atoms with E-state index in [1.165, 1.54) is 17.6 Å². The number of nitrogens with zero attached hydrogens (tertiary/aromatic N) is 4. The maximum atomic E-state index is 5.22. The summed E-state index contributed by atoms with van der Waals surface area (Å²) in [7, 11) is 1.74. The average molecular weight is 336 g/mol. The predicted octanol–water partition coefficient (Wildman–Crippen LogP) is 3.46. The van der Waals surface area contributed by atoms with E-state index in [0.717, 1.165) is 37.4 Å². The van der Waals surface area contributed by atoms with Gasteiger partial charge in [-0.25, -0.2) is 9.97 Å². The largest absolute Gasteiger partial charge is 0.383 e. The third kappa shape index (κ3) is 3.37. The van der Waals surface area contributed by atoms with Gasteiger partial charge in [0.25, 0.3) is 0 Å². The lowest BCUT2D eigenvalue weighted by atomic mass is 9.97. The molecule has 0 saturated carbocycles. The molecule has 130 valence electrons. The Labute approximate surface area is 148 Å². The molecule has 1 saturated heterocycles. The first-order valence-electron chi connectivity index (χ1n) is 8.96. The van der Waals surface area contributed by atoms with E-state index in [9.17, 15) is 0 Å². The number of methoxy groups -OCH3 is 1. The van der Waals surface area contributed by atoms with E-state index >= 15 is 0 Å². The third-order valence-corrected chi connectivity index (χ3v) is 4.98. The van der Waals surface area contributed by atoms with E-state index in [1.807, 2.05) is 12.3 Å². The van der Waals surface area contributed by atoms with Crippen molar-refractivity contribution in [2.24, 2.45) is 0 Å². The quantitative estimate of drug-likeness (QED) is 0.716. The molecule has 3 heterocycles. The minimum atomic E-state index is 0.439. The summed E-state index contributed by atoms with van der Waals surface area (Å²) in [6.45, 7) is 3.60. The van der Waals surface area contributed by atoms with Gasteiger partial charge in [-0.1, -0.05) is 18.2 Å². The summed E-state index contributed by atoms with van der Waals surface area (Å²) in [5.41, 5.74) is 1.06. The van der Waals surface area contributed by atoms with Crippen LogP contribution in [-0.2, 0) is 11.3 Å². The smallest absolute Gasteiger partial charge is 0.129 e. The van der Waals surface area contributed by atoms with E-state index in [4.69, 9.17) is 9.72 Å². The number of hydrogen-bond acceptors (Lipinski definition) is 4. The first kappa shape index (κ1) is 16.1. The van der Waals surface area contributed by atoms with Gasteiger partial charge in [-0.05, 0) is 31.0 Å². The minimum absolute atomic E-state index is 0.439. The number of piperidine rings is 1. The molecular weight excluding hydrogens is 312 g/mol. The van der Waals surface area contributed by atoms with E-state index in [1.54, 1.807) is 7.11 Å². The monoisotopic (exact) mass is 336 g/mol. The Balaban J connectivity index is 1.55. The molecular formula is C20H24N4O. The zero-order valence-corrected chi connectivity index (χ0v) is 14.6. The first-order chi connectivity index (χ1) is 12.3. The molecule has 1 atom stereocenters. The van der Waals surface area contributed by atoms with Gasteiger partial charge in [-0.15, -0.1) is 0 Å². The number of rotatable bonds is 5. The molecule has 2 aromatic heterocycles. The Morgan fingerprint density at radius 2 is 2.12 bits per heavy atom. The standard InChI is InChI=1S/C20H24N4O/c1-25-14-13-23-12-10-21-20(23)17-6-4-11-24(15-17)19-9-8-16-5-2-3-7-18(16)22-19/h2-3,5,7-10,12,17H,4,6,11,13-15H2,1H3. The summed E-state index contributed by atoms with van der Waals surface area (Å²) in [6, 6.07) is 12.6. The molecule has 1 aliphatic heterocycles. The van der Waals surface area contributed by atoms with Crippen molar-refractivity contribution in [3.8, 4) is 0 Å². The van der Waals surface area contributed by atoms with Crippen LogP contribution < -0.4 is 4.90 Å². The molecule has 1 aliphatic rings. The molecule has 0 spiro atoms. The van der Waals surface area contributed by atoms with Crippen molar-refractivity contribution in [2.75, 3.05) is 31.7 Å². The van der Waals surface area contributed by atoms with Crippen LogP contribution in [0.1, 0.15) is 24.6 Å². The second kappa shape index (κ2) is 7.23. The van der Waals surface area contributed by atoms with Gasteiger partial charge in [0.15, 0.2) is 0 Å². The molecule has 3 aromatic rings. The van der Waals surface area contributed by atoms with Crippen molar-refractivity contribution in [1.82, 2.24) is 14.5 Å². The lowest BCUT2D eigenvalue weighted by molar-refractivity contribution is 0.185. The van der Waals surface area contributed by atoms with Gasteiger partial charge in [-0.2, -0.15) is 0 Å². The highest BCUT2D eigenvalue weighted by molar-refractivity contribution is 5.80. The summed E-state index contributed by atoms with van der Waals surface area (Å²) in [6.07, 6.45) is 6.30. The van der Waals surface area contributed by atoms with Crippen LogP contribution >= 0.6 is 0 Å². The van der Waals surface area contributed by atoms with Gasteiger partial charge < -0.3 is 14.2 Å². The Kier molecular flexibility index (Phi) is 4.65. The number of ether oxygens (including phenoxy) is 1. The second-order valence-electron chi connectivity index (χ2n) is 6.62. The summed E-state index contributed by atoms with van der Waals surface area (Å²) in [5, 5.41) is 1.19. The number of imidazole rings is 1. The number of fused-ring (bicyclic) bond motifs is 1. The Bertz CT molecular complexity index is 844. The molecule has 4 rings (SSSR count). The third-order valence-electron chi connectivity index (χ3n) is 4.98. The lowest BCUT2D eigenvalue weighted by Gasteiger charge is -2.33. The van der Waals surface area contributed by atoms with Gasteiger partial charge in [0.05, 0.1) is 12.1 Å². The van der Waals surface area contributed by atoms with Gasteiger partial charge >= 0.3 is 0 Å². The molecule has 0 N–H and O–H groups in total. The highest BCUT2D eigenvalue weighted by Crippen LogP contribution is 2.29. The Morgan fingerprint density at radius 1 is 1.20 bits per heavy atom. The maximum Gasteiger partial charge on any atom is 0.129 e. The lowest BCUT2D eigenvalue weighted by Crippen LogP contribution is -2.36. The van der Waals surface area contributed by atoms with E-state index in [0.29, 0.717) is 12.5 Å². The zero-order chi connectivity index (χ0) is 17.1. The van der Waals surface area contributed by atoms with Crippen molar-refractivity contribution in [3.63, 3.8) is 0 Å². The highest BCUT2D eigenvalue weighted by Gasteiger charge is 2.25. The number of anilines is 1. The Morgan fingerprint density at radius 3 is 3.04 bits per heavy atom. The van der Waals surface area contributed by atoms with Crippen molar-refractivity contribution in [3.05, 3.63) is 54.6 Å². The van der Waals surface area contributed by atoms with Crippen molar-refractivity contribution >= 4 is 16.7 Å². The highest BCUT2D eigenvalue weighted by atomic mass is 16.5. The number of benzene rings is 1. The fraction of sp³-hybridized carbons (Fsp3) is 0.400. The van der Waals surface area contributed by atoms with Crippen LogP contribution in [-0.4, -0.2) is 41.3 Å². The molecule has 5 heteroatoms. The zero-order valence-electron chi connectivity index (χ0n) is 14.6. The Hall–Kier alpha value is -2.40. The number of aromatic nitrogens is 3. The molecule has 25 heavy (non-hydrogen) atoms. The maximum absolute atomic E-state index is 5.22. The summed E-state index contributed by atoms with van der Waals surface area (Å²) in [4.78, 5) is 11.9. The van der Waals surface area contributed by atoms with Gasteiger partial charge in [-0.3, -0.25) is 0 Å². The molecule has 1 unspecified atom stereocenters. The summed E-state index contributed by atoms with van der Waals surface area (Å²) < 4.78 is 7.45. The van der Waals surface area contributed by atoms with Crippen LogP contribution in [0.15, 0.2) is 48.8 Å². The molecule has 0 bridgehead atoms. The van der Waals surface area contributed by atoms with Gasteiger partial charge in [0.1, 0.15) is 11.6 Å².